The number of hydrogen-bond donors (Lipinski definition) is 0. The Labute approximate surface area is 58.0 Å². The van der Waals surface area contributed by atoms with Crippen molar-refractivity contribution in [1.82, 2.24) is 0 Å². The third-order valence-electron chi connectivity index (χ3n) is 2.61. The first-order chi connectivity index (χ1) is 4.16. The zero-order valence-electron chi connectivity index (χ0n) is 6.54. The molecule has 0 unspecified atom stereocenters. The number of hydrogen-bond acceptors (Lipinski definition) is 0. The smallest absolute Gasteiger partial charge is 0.0269 e. The van der Waals surface area contributed by atoms with Gasteiger partial charge in [-0.2, -0.15) is 0 Å². The van der Waals surface area contributed by atoms with Crippen molar-refractivity contribution >= 4 is 0 Å². The maximum absolute atomic E-state index is 4.00. The predicted molar refractivity (Wildman–Crippen MR) is 41.4 cm³/mol. The fourth-order valence-electron chi connectivity index (χ4n) is 1.56. The SMILES string of the molecule is C=C1CC[C@](C)(CC)C1. The maximum Gasteiger partial charge on any atom is -0.0269 e. The zero-order chi connectivity index (χ0) is 6.91. The fraction of sp³-hybridized carbons (Fsp3) is 0.778. The Balaban J connectivity index is 2.54. The van der Waals surface area contributed by atoms with Gasteiger partial charge in [0.15, 0.2) is 0 Å². The maximum atomic E-state index is 4.00. The number of rotatable bonds is 1. The Morgan fingerprint density at radius 3 is 2.56 bits per heavy atom. The van der Waals surface area contributed by atoms with Gasteiger partial charge in [-0.3, -0.25) is 0 Å². The van der Waals surface area contributed by atoms with E-state index in [1.165, 1.54) is 31.3 Å². The Hall–Kier alpha value is -0.260. The molecule has 0 amide bonds. The summed E-state index contributed by atoms with van der Waals surface area (Å²) in [5.74, 6) is 0. The normalized spacial score (nSPS) is 35.6. The highest BCUT2D eigenvalue weighted by Gasteiger charge is 2.28. The Morgan fingerprint density at radius 1 is 1.67 bits per heavy atom. The van der Waals surface area contributed by atoms with Crippen molar-refractivity contribution in [3.8, 4) is 0 Å². The van der Waals surface area contributed by atoms with Crippen molar-refractivity contribution in [2.75, 3.05) is 0 Å². The van der Waals surface area contributed by atoms with E-state index >= 15 is 0 Å². The molecule has 0 bridgehead atoms. The highest BCUT2D eigenvalue weighted by Crippen LogP contribution is 2.42. The van der Waals surface area contributed by atoms with Gasteiger partial charge in [0.05, 0.1) is 0 Å². The van der Waals surface area contributed by atoms with Gasteiger partial charge in [0, 0.05) is 0 Å². The summed E-state index contributed by atoms with van der Waals surface area (Å²) in [7, 11) is 0. The molecule has 1 saturated carbocycles. The second-order valence-electron chi connectivity index (χ2n) is 3.59. The summed E-state index contributed by atoms with van der Waals surface area (Å²) >= 11 is 0. The first kappa shape index (κ1) is 6.85. The summed E-state index contributed by atoms with van der Waals surface area (Å²) in [6, 6.07) is 0. The first-order valence-corrected chi connectivity index (χ1v) is 3.83. The average molecular weight is 124 g/mol. The monoisotopic (exact) mass is 124 g/mol. The van der Waals surface area contributed by atoms with Crippen LogP contribution >= 0.6 is 0 Å². The molecule has 0 aliphatic heterocycles. The van der Waals surface area contributed by atoms with Crippen LogP contribution in [0.5, 0.6) is 0 Å². The van der Waals surface area contributed by atoms with Crippen molar-refractivity contribution in [3.05, 3.63) is 12.2 Å². The third kappa shape index (κ3) is 1.35. The minimum atomic E-state index is 0.608. The molecule has 0 heteroatoms. The summed E-state index contributed by atoms with van der Waals surface area (Å²) in [5, 5.41) is 0. The lowest BCUT2D eigenvalue weighted by molar-refractivity contribution is 0.330. The highest BCUT2D eigenvalue weighted by molar-refractivity contribution is 5.06. The molecule has 1 aliphatic carbocycles. The van der Waals surface area contributed by atoms with Gasteiger partial charge >= 0.3 is 0 Å². The molecule has 0 saturated heterocycles. The van der Waals surface area contributed by atoms with Crippen LogP contribution in [0.15, 0.2) is 12.2 Å². The van der Waals surface area contributed by atoms with Gasteiger partial charge < -0.3 is 0 Å². The molecule has 0 heterocycles. The van der Waals surface area contributed by atoms with Crippen molar-refractivity contribution in [3.63, 3.8) is 0 Å². The van der Waals surface area contributed by atoms with E-state index in [9.17, 15) is 0 Å². The lowest BCUT2D eigenvalue weighted by Crippen LogP contribution is -2.07. The van der Waals surface area contributed by atoms with E-state index in [2.05, 4.69) is 20.4 Å². The summed E-state index contributed by atoms with van der Waals surface area (Å²) in [5.41, 5.74) is 2.07. The average Bonchev–Trinajstić information content (AvgIpc) is 2.13. The summed E-state index contributed by atoms with van der Waals surface area (Å²) in [6.45, 7) is 8.64. The van der Waals surface area contributed by atoms with Crippen LogP contribution in [0.4, 0.5) is 0 Å². The van der Waals surface area contributed by atoms with E-state index in [1.54, 1.807) is 0 Å². The second-order valence-corrected chi connectivity index (χ2v) is 3.59. The molecule has 0 aromatic carbocycles. The second kappa shape index (κ2) is 2.17. The quantitative estimate of drug-likeness (QED) is 0.471. The van der Waals surface area contributed by atoms with Crippen LogP contribution in [0.25, 0.3) is 0 Å². The largest absolute Gasteiger partial charge is 0.0998 e. The van der Waals surface area contributed by atoms with Gasteiger partial charge in [-0.25, -0.2) is 0 Å². The van der Waals surface area contributed by atoms with Gasteiger partial charge in [-0.1, -0.05) is 32.4 Å². The lowest BCUT2D eigenvalue weighted by Gasteiger charge is -2.19. The molecule has 1 atom stereocenters. The Kier molecular flexibility index (Phi) is 1.65. The number of allylic oxidation sites excluding steroid dienone is 1. The third-order valence-corrected chi connectivity index (χ3v) is 2.61. The first-order valence-electron chi connectivity index (χ1n) is 3.83. The van der Waals surface area contributed by atoms with Crippen LogP contribution in [-0.2, 0) is 0 Å². The van der Waals surface area contributed by atoms with Crippen molar-refractivity contribution in [1.29, 1.82) is 0 Å². The minimum Gasteiger partial charge on any atom is -0.0998 e. The van der Waals surface area contributed by atoms with Gasteiger partial charge in [0.25, 0.3) is 0 Å². The predicted octanol–water partition coefficient (Wildman–Crippen LogP) is 3.14. The van der Waals surface area contributed by atoms with Crippen molar-refractivity contribution in [2.24, 2.45) is 5.41 Å². The summed E-state index contributed by atoms with van der Waals surface area (Å²) in [6.07, 6.45) is 5.21. The van der Waals surface area contributed by atoms with E-state index in [0.29, 0.717) is 5.41 Å². The Morgan fingerprint density at radius 2 is 2.33 bits per heavy atom. The standard InChI is InChI=1S/C9H16/c1-4-9(3)6-5-8(2)7-9/h2,4-7H2,1,3H3/t9-/m0/s1. The molecule has 0 nitrogen and oxygen atoms in total. The molecule has 1 rings (SSSR count). The van der Waals surface area contributed by atoms with Gasteiger partial charge in [0.1, 0.15) is 0 Å². The van der Waals surface area contributed by atoms with E-state index < -0.39 is 0 Å². The van der Waals surface area contributed by atoms with E-state index in [1.807, 2.05) is 0 Å². The van der Waals surface area contributed by atoms with Crippen LogP contribution < -0.4 is 0 Å². The van der Waals surface area contributed by atoms with Crippen LogP contribution in [0, 0.1) is 5.41 Å². The van der Waals surface area contributed by atoms with Crippen LogP contribution in [0.2, 0.25) is 0 Å². The highest BCUT2D eigenvalue weighted by atomic mass is 14.3. The summed E-state index contributed by atoms with van der Waals surface area (Å²) in [4.78, 5) is 0. The van der Waals surface area contributed by atoms with Gasteiger partial charge in [-0.05, 0) is 24.7 Å². The van der Waals surface area contributed by atoms with E-state index in [-0.39, 0.29) is 0 Å². The fourth-order valence-corrected chi connectivity index (χ4v) is 1.56. The molecule has 1 aliphatic rings. The van der Waals surface area contributed by atoms with E-state index in [4.69, 9.17) is 0 Å². The molecular weight excluding hydrogens is 108 g/mol. The minimum absolute atomic E-state index is 0.608. The van der Waals surface area contributed by atoms with E-state index in [0.717, 1.165) is 0 Å². The molecule has 0 radical (unpaired) electrons. The molecular formula is C9H16. The van der Waals surface area contributed by atoms with Crippen molar-refractivity contribution < 1.29 is 0 Å². The van der Waals surface area contributed by atoms with Crippen LogP contribution in [0.3, 0.4) is 0 Å². The van der Waals surface area contributed by atoms with Gasteiger partial charge in [0.2, 0.25) is 0 Å². The Bertz CT molecular complexity index is 124. The molecule has 52 valence electrons. The molecule has 0 spiro atoms. The molecule has 0 N–H and O–H groups in total. The molecule has 9 heavy (non-hydrogen) atoms. The van der Waals surface area contributed by atoms with Crippen molar-refractivity contribution in [2.45, 2.75) is 39.5 Å². The topological polar surface area (TPSA) is 0 Å². The van der Waals surface area contributed by atoms with Gasteiger partial charge in [-0.15, -0.1) is 0 Å². The molecule has 1 fully saturated rings. The molecule has 0 aromatic heterocycles. The zero-order valence-corrected chi connectivity index (χ0v) is 6.54. The molecule has 0 aromatic rings. The van der Waals surface area contributed by atoms with Crippen LogP contribution in [0.1, 0.15) is 39.5 Å². The van der Waals surface area contributed by atoms with Crippen LogP contribution in [-0.4, -0.2) is 0 Å². The summed E-state index contributed by atoms with van der Waals surface area (Å²) < 4.78 is 0. The lowest BCUT2D eigenvalue weighted by atomic mass is 9.86.